The molecule has 1 saturated heterocycles. The number of hydrogen-bond donors (Lipinski definition) is 4. The van der Waals surface area contributed by atoms with Gasteiger partial charge in [-0.15, -0.1) is 0 Å². The third-order valence-corrected chi connectivity index (χ3v) is 7.69. The molecule has 0 bridgehead atoms. The Bertz CT molecular complexity index is 1070. The molecule has 2 aromatic rings. The SMILES string of the molecule is O=C(C[C@@H]1C[C@@H]2c3cc(NC(=O)NC4CCCCC4)ccc3O[C@@H]2[C@H](CO)O1)NCCc1ccccc1. The lowest BCUT2D eigenvalue weighted by atomic mass is 9.84. The van der Waals surface area contributed by atoms with Crippen molar-refractivity contribution < 1.29 is 24.2 Å². The lowest BCUT2D eigenvalue weighted by Gasteiger charge is -2.37. The molecule has 0 aromatic heterocycles. The van der Waals surface area contributed by atoms with Crippen LogP contribution in [0.5, 0.6) is 5.75 Å². The second kappa shape index (κ2) is 12.0. The fourth-order valence-electron chi connectivity index (χ4n) is 5.84. The van der Waals surface area contributed by atoms with Gasteiger partial charge in [0.25, 0.3) is 0 Å². The van der Waals surface area contributed by atoms with Crippen LogP contribution in [0.25, 0.3) is 0 Å². The fraction of sp³-hybridized carbons (Fsp3) is 0.517. The van der Waals surface area contributed by atoms with Gasteiger partial charge in [-0.2, -0.15) is 0 Å². The monoisotopic (exact) mass is 507 g/mol. The summed E-state index contributed by atoms with van der Waals surface area (Å²) in [7, 11) is 0. The highest BCUT2D eigenvalue weighted by Crippen LogP contribution is 2.47. The number of anilines is 1. The predicted octanol–water partition coefficient (Wildman–Crippen LogP) is 3.88. The molecule has 3 amide bonds. The molecule has 4 atom stereocenters. The molecule has 0 radical (unpaired) electrons. The highest BCUT2D eigenvalue weighted by molar-refractivity contribution is 5.89. The van der Waals surface area contributed by atoms with E-state index in [9.17, 15) is 14.7 Å². The van der Waals surface area contributed by atoms with Gasteiger partial charge in [-0.25, -0.2) is 4.79 Å². The van der Waals surface area contributed by atoms with Gasteiger partial charge in [0.2, 0.25) is 5.91 Å². The van der Waals surface area contributed by atoms with Crippen molar-refractivity contribution in [3.63, 3.8) is 0 Å². The molecule has 0 unspecified atom stereocenters. The summed E-state index contributed by atoms with van der Waals surface area (Å²) in [5, 5.41) is 19.0. The minimum atomic E-state index is -0.515. The van der Waals surface area contributed by atoms with E-state index in [4.69, 9.17) is 9.47 Å². The zero-order valence-corrected chi connectivity index (χ0v) is 21.2. The molecule has 2 heterocycles. The molecule has 2 fully saturated rings. The van der Waals surface area contributed by atoms with Crippen LogP contribution >= 0.6 is 0 Å². The Morgan fingerprint density at radius 3 is 2.62 bits per heavy atom. The highest BCUT2D eigenvalue weighted by Gasteiger charge is 2.46. The number of amides is 3. The van der Waals surface area contributed by atoms with Crippen LogP contribution < -0.4 is 20.7 Å². The number of benzene rings is 2. The first-order valence-corrected chi connectivity index (χ1v) is 13.5. The summed E-state index contributed by atoms with van der Waals surface area (Å²) < 4.78 is 12.2. The molecule has 5 rings (SSSR count). The fourth-order valence-corrected chi connectivity index (χ4v) is 5.84. The van der Waals surface area contributed by atoms with Crippen LogP contribution in [-0.4, -0.2) is 54.6 Å². The van der Waals surface area contributed by atoms with Crippen LogP contribution in [0.1, 0.15) is 62.0 Å². The minimum absolute atomic E-state index is 0.0221. The van der Waals surface area contributed by atoms with Gasteiger partial charge in [-0.3, -0.25) is 4.79 Å². The molecule has 3 aliphatic rings. The van der Waals surface area contributed by atoms with E-state index in [1.54, 1.807) is 0 Å². The third kappa shape index (κ3) is 6.43. The van der Waals surface area contributed by atoms with Gasteiger partial charge in [0.05, 0.1) is 19.1 Å². The van der Waals surface area contributed by atoms with Crippen molar-refractivity contribution in [1.29, 1.82) is 0 Å². The summed E-state index contributed by atoms with van der Waals surface area (Å²) in [5.41, 5.74) is 2.87. The number of ether oxygens (including phenoxy) is 2. The third-order valence-electron chi connectivity index (χ3n) is 7.69. The lowest BCUT2D eigenvalue weighted by molar-refractivity contribution is -0.142. The first-order chi connectivity index (χ1) is 18.1. The van der Waals surface area contributed by atoms with Crippen LogP contribution in [0.4, 0.5) is 10.5 Å². The van der Waals surface area contributed by atoms with Gasteiger partial charge in [-0.1, -0.05) is 49.6 Å². The van der Waals surface area contributed by atoms with Crippen molar-refractivity contribution in [2.45, 2.75) is 81.6 Å². The van der Waals surface area contributed by atoms with Gasteiger partial charge in [0.1, 0.15) is 18.0 Å². The second-order valence-corrected chi connectivity index (χ2v) is 10.4. The molecule has 1 aliphatic carbocycles. The minimum Gasteiger partial charge on any atom is -0.487 e. The second-order valence-electron chi connectivity index (χ2n) is 10.4. The Hall–Kier alpha value is -3.10. The summed E-state index contributed by atoms with van der Waals surface area (Å²) >= 11 is 0. The number of fused-ring (bicyclic) bond motifs is 3. The van der Waals surface area contributed by atoms with Crippen molar-refractivity contribution in [1.82, 2.24) is 10.6 Å². The smallest absolute Gasteiger partial charge is 0.319 e. The van der Waals surface area contributed by atoms with Crippen LogP contribution in [-0.2, 0) is 16.0 Å². The zero-order chi connectivity index (χ0) is 25.6. The molecule has 4 N–H and O–H groups in total. The van der Waals surface area contributed by atoms with Crippen molar-refractivity contribution in [3.05, 3.63) is 59.7 Å². The van der Waals surface area contributed by atoms with Crippen molar-refractivity contribution in [3.8, 4) is 5.75 Å². The van der Waals surface area contributed by atoms with Gasteiger partial charge in [0, 0.05) is 29.8 Å². The molecule has 2 aliphatic heterocycles. The van der Waals surface area contributed by atoms with Gasteiger partial charge >= 0.3 is 6.03 Å². The van der Waals surface area contributed by atoms with E-state index in [0.29, 0.717) is 18.7 Å². The van der Waals surface area contributed by atoms with Crippen molar-refractivity contribution in [2.24, 2.45) is 0 Å². The van der Waals surface area contributed by atoms with Crippen LogP contribution in [0.3, 0.4) is 0 Å². The summed E-state index contributed by atoms with van der Waals surface area (Å²) in [4.78, 5) is 25.2. The van der Waals surface area contributed by atoms with Gasteiger partial charge < -0.3 is 30.5 Å². The maximum absolute atomic E-state index is 12.6. The Kier molecular flexibility index (Phi) is 8.26. The average molecular weight is 508 g/mol. The Labute approximate surface area is 218 Å². The lowest BCUT2D eigenvalue weighted by Crippen LogP contribution is -2.47. The molecule has 198 valence electrons. The Morgan fingerprint density at radius 1 is 1.03 bits per heavy atom. The zero-order valence-electron chi connectivity index (χ0n) is 21.2. The summed E-state index contributed by atoms with van der Waals surface area (Å²) in [6, 6.07) is 15.7. The molecular formula is C29H37N3O5. The molecular weight excluding hydrogens is 470 g/mol. The number of urea groups is 1. The largest absolute Gasteiger partial charge is 0.487 e. The number of hydrogen-bond acceptors (Lipinski definition) is 5. The number of aliphatic hydroxyl groups is 1. The van der Waals surface area contributed by atoms with Crippen LogP contribution in [0.2, 0.25) is 0 Å². The van der Waals surface area contributed by atoms with Crippen LogP contribution in [0, 0.1) is 0 Å². The highest BCUT2D eigenvalue weighted by atomic mass is 16.6. The topological polar surface area (TPSA) is 109 Å². The van der Waals surface area contributed by atoms with E-state index in [-0.39, 0.29) is 49.1 Å². The molecule has 8 heteroatoms. The summed E-state index contributed by atoms with van der Waals surface area (Å²) in [6.07, 6.45) is 6.06. The normalized spacial score (nSPS) is 24.9. The Morgan fingerprint density at radius 2 is 1.84 bits per heavy atom. The molecule has 8 nitrogen and oxygen atoms in total. The maximum Gasteiger partial charge on any atom is 0.319 e. The number of nitrogens with one attached hydrogen (secondary N) is 3. The molecule has 37 heavy (non-hydrogen) atoms. The van der Waals surface area contributed by atoms with Crippen molar-refractivity contribution >= 4 is 17.6 Å². The van der Waals surface area contributed by atoms with E-state index >= 15 is 0 Å². The standard InChI is InChI=1S/C29H37N3O5/c33-18-26-28-24(16-22(36-26)17-27(34)30-14-13-19-7-3-1-4-8-19)23-15-21(11-12-25(23)37-28)32-29(35)31-20-9-5-2-6-10-20/h1,3-4,7-8,11-12,15,20,22,24,26,28,33H,2,5-6,9-10,13-14,16-18H2,(H,30,34)(H2,31,32,35)/t22-,24+,26-,28-/m0/s1. The molecule has 2 aromatic carbocycles. The first kappa shape index (κ1) is 25.5. The molecule has 0 spiro atoms. The van der Waals surface area contributed by atoms with Gasteiger partial charge in [-0.05, 0) is 49.4 Å². The quantitative estimate of drug-likeness (QED) is 0.434. The number of carbonyl (C=O) groups excluding carboxylic acids is 2. The predicted molar refractivity (Wildman–Crippen MR) is 141 cm³/mol. The number of carbonyl (C=O) groups is 2. The average Bonchev–Trinajstić information content (AvgIpc) is 3.27. The van der Waals surface area contributed by atoms with Crippen LogP contribution in [0.15, 0.2) is 48.5 Å². The van der Waals surface area contributed by atoms with E-state index in [2.05, 4.69) is 16.0 Å². The summed E-state index contributed by atoms with van der Waals surface area (Å²) in [5.74, 6) is 0.652. The Balaban J connectivity index is 1.18. The van der Waals surface area contributed by atoms with E-state index in [0.717, 1.165) is 43.4 Å². The van der Waals surface area contributed by atoms with E-state index in [1.165, 1.54) is 12.0 Å². The van der Waals surface area contributed by atoms with E-state index < -0.39 is 6.10 Å². The van der Waals surface area contributed by atoms with Gasteiger partial charge in [0.15, 0.2) is 0 Å². The van der Waals surface area contributed by atoms with E-state index in [1.807, 2.05) is 48.5 Å². The molecule has 1 saturated carbocycles. The maximum atomic E-state index is 12.6. The first-order valence-electron chi connectivity index (χ1n) is 13.5. The van der Waals surface area contributed by atoms with Crippen molar-refractivity contribution in [2.75, 3.05) is 18.5 Å². The summed E-state index contributed by atoms with van der Waals surface area (Å²) in [6.45, 7) is 0.380. The number of aliphatic hydroxyl groups excluding tert-OH is 1. The number of rotatable bonds is 8.